The Labute approximate surface area is 163 Å². The van der Waals surface area contributed by atoms with Crippen LogP contribution in [0.15, 0.2) is 47.3 Å². The van der Waals surface area contributed by atoms with E-state index in [-0.39, 0.29) is 18.2 Å². The highest BCUT2D eigenvalue weighted by atomic mass is 79.9. The Hall–Kier alpha value is -2.45. The number of carbonyl (C=O) groups excluding carboxylic acids is 1. The summed E-state index contributed by atoms with van der Waals surface area (Å²) in [5.74, 6) is 0.155. The highest BCUT2D eigenvalue weighted by Crippen LogP contribution is 2.19. The molecule has 1 amide bonds. The molecule has 26 heavy (non-hydrogen) atoms. The van der Waals surface area contributed by atoms with Gasteiger partial charge in [0.15, 0.2) is 0 Å². The zero-order valence-corrected chi connectivity index (χ0v) is 16.2. The molecule has 3 aromatic heterocycles. The average molecular weight is 437 g/mol. The van der Waals surface area contributed by atoms with Crippen molar-refractivity contribution in [3.63, 3.8) is 0 Å². The van der Waals surface area contributed by atoms with Crippen LogP contribution < -0.4 is 10.1 Å². The quantitative estimate of drug-likeness (QED) is 0.600. The number of nitrogens with one attached hydrogen (secondary N) is 1. The molecule has 3 rings (SSSR count). The fraction of sp³-hybridized carbons (Fsp3) is 0.176. The Morgan fingerprint density at radius 2 is 2.23 bits per heavy atom. The first-order chi connectivity index (χ1) is 12.5. The minimum atomic E-state index is -0.311. The topological polar surface area (TPSA) is 81.9 Å². The second-order valence-electron chi connectivity index (χ2n) is 5.38. The molecule has 0 aliphatic heterocycles. The molecule has 0 spiro atoms. The van der Waals surface area contributed by atoms with Crippen molar-refractivity contribution in [3.8, 4) is 5.88 Å². The standard InChI is InChI=1S/C17H15BrClN5O2/c1-24-12(5-6-22-24)9-21-17(25)14-7-13(19)11(8-20-14)10-26-16-4-2-3-15(18)23-16/h2-8H,9-10H2,1H3,(H,21,25). The van der Waals surface area contributed by atoms with E-state index in [0.717, 1.165) is 5.69 Å². The van der Waals surface area contributed by atoms with Gasteiger partial charge in [-0.1, -0.05) is 17.7 Å². The number of amides is 1. The third-order valence-corrected chi connectivity index (χ3v) is 4.37. The maximum atomic E-state index is 12.2. The lowest BCUT2D eigenvalue weighted by atomic mass is 10.2. The minimum absolute atomic E-state index is 0.201. The molecule has 1 N–H and O–H groups in total. The van der Waals surface area contributed by atoms with Crippen LogP contribution in [0.2, 0.25) is 5.02 Å². The van der Waals surface area contributed by atoms with Gasteiger partial charge in [0.1, 0.15) is 16.9 Å². The van der Waals surface area contributed by atoms with Gasteiger partial charge in [0.2, 0.25) is 5.88 Å². The van der Waals surface area contributed by atoms with Gasteiger partial charge in [0.25, 0.3) is 5.91 Å². The Bertz CT molecular complexity index is 931. The summed E-state index contributed by atoms with van der Waals surface area (Å²) >= 11 is 9.53. The second kappa shape index (κ2) is 8.29. The number of aromatic nitrogens is 4. The zero-order chi connectivity index (χ0) is 18.5. The van der Waals surface area contributed by atoms with Gasteiger partial charge in [-0.05, 0) is 34.1 Å². The summed E-state index contributed by atoms with van der Waals surface area (Å²) in [6.07, 6.45) is 3.20. The van der Waals surface area contributed by atoms with Crippen LogP contribution in [0.25, 0.3) is 0 Å². The monoisotopic (exact) mass is 435 g/mol. The van der Waals surface area contributed by atoms with E-state index in [4.69, 9.17) is 16.3 Å². The lowest BCUT2D eigenvalue weighted by Gasteiger charge is -2.09. The van der Waals surface area contributed by atoms with Crippen molar-refractivity contribution in [1.29, 1.82) is 0 Å². The Morgan fingerprint density at radius 3 is 2.92 bits per heavy atom. The van der Waals surface area contributed by atoms with E-state index in [9.17, 15) is 4.79 Å². The van der Waals surface area contributed by atoms with Crippen LogP contribution >= 0.6 is 27.5 Å². The molecule has 9 heteroatoms. The number of aryl methyl sites for hydroxylation is 1. The average Bonchev–Trinajstić information content (AvgIpc) is 3.03. The fourth-order valence-corrected chi connectivity index (χ4v) is 2.68. The van der Waals surface area contributed by atoms with Crippen LogP contribution in [0.3, 0.4) is 0 Å². The van der Waals surface area contributed by atoms with Crippen molar-refractivity contribution in [3.05, 3.63) is 69.3 Å². The van der Waals surface area contributed by atoms with Gasteiger partial charge in [-0.25, -0.2) is 4.98 Å². The van der Waals surface area contributed by atoms with Gasteiger partial charge >= 0.3 is 0 Å². The number of nitrogens with zero attached hydrogens (tertiary/aromatic N) is 4. The normalized spacial score (nSPS) is 10.6. The van der Waals surface area contributed by atoms with E-state index in [2.05, 4.69) is 36.3 Å². The van der Waals surface area contributed by atoms with Crippen LogP contribution in [0.5, 0.6) is 5.88 Å². The maximum Gasteiger partial charge on any atom is 0.270 e. The molecule has 134 valence electrons. The molecule has 7 nitrogen and oxygen atoms in total. The Kier molecular flexibility index (Phi) is 5.85. The van der Waals surface area contributed by atoms with E-state index in [1.165, 1.54) is 12.3 Å². The summed E-state index contributed by atoms with van der Waals surface area (Å²) in [6.45, 7) is 0.556. The lowest BCUT2D eigenvalue weighted by molar-refractivity contribution is 0.0945. The molecule has 3 heterocycles. The van der Waals surface area contributed by atoms with Crippen molar-refractivity contribution in [1.82, 2.24) is 25.1 Å². The SMILES string of the molecule is Cn1nccc1CNC(=O)c1cc(Cl)c(COc2cccc(Br)n2)cn1. The van der Waals surface area contributed by atoms with E-state index < -0.39 is 0 Å². The van der Waals surface area contributed by atoms with Crippen molar-refractivity contribution in [2.75, 3.05) is 0 Å². The Balaban J connectivity index is 1.61. The molecular weight excluding hydrogens is 422 g/mol. The van der Waals surface area contributed by atoms with Crippen LogP contribution in [-0.4, -0.2) is 25.7 Å². The van der Waals surface area contributed by atoms with E-state index in [1.807, 2.05) is 19.2 Å². The van der Waals surface area contributed by atoms with Crippen molar-refractivity contribution >= 4 is 33.4 Å². The summed E-state index contributed by atoms with van der Waals surface area (Å²) in [4.78, 5) is 20.6. The van der Waals surface area contributed by atoms with Gasteiger partial charge < -0.3 is 10.1 Å². The molecule has 0 aliphatic rings. The molecule has 0 radical (unpaired) electrons. The summed E-state index contributed by atoms with van der Waals surface area (Å²) < 4.78 is 7.96. The van der Waals surface area contributed by atoms with Gasteiger partial charge in [0, 0.05) is 31.1 Å². The molecule has 0 fully saturated rings. The molecule has 0 atom stereocenters. The van der Waals surface area contributed by atoms with Crippen LogP contribution in [0.1, 0.15) is 21.7 Å². The minimum Gasteiger partial charge on any atom is -0.473 e. The smallest absolute Gasteiger partial charge is 0.270 e. The molecule has 0 unspecified atom stereocenters. The lowest BCUT2D eigenvalue weighted by Crippen LogP contribution is -2.25. The third kappa shape index (κ3) is 4.59. The van der Waals surface area contributed by atoms with E-state index in [0.29, 0.717) is 27.6 Å². The number of hydrogen-bond acceptors (Lipinski definition) is 5. The molecular formula is C17H15BrClN5O2. The van der Waals surface area contributed by atoms with Crippen molar-refractivity contribution < 1.29 is 9.53 Å². The fourth-order valence-electron chi connectivity index (χ4n) is 2.15. The van der Waals surface area contributed by atoms with Crippen LogP contribution in [-0.2, 0) is 20.2 Å². The number of halogens is 2. The zero-order valence-electron chi connectivity index (χ0n) is 13.8. The second-order valence-corrected chi connectivity index (χ2v) is 6.60. The molecule has 0 saturated heterocycles. The summed E-state index contributed by atoms with van der Waals surface area (Å²) in [7, 11) is 1.81. The Morgan fingerprint density at radius 1 is 1.38 bits per heavy atom. The highest BCUT2D eigenvalue weighted by molar-refractivity contribution is 9.10. The van der Waals surface area contributed by atoms with Gasteiger partial charge in [-0.3, -0.25) is 14.5 Å². The van der Waals surface area contributed by atoms with Crippen LogP contribution in [0, 0.1) is 0 Å². The first-order valence-corrected chi connectivity index (χ1v) is 8.85. The highest BCUT2D eigenvalue weighted by Gasteiger charge is 2.12. The van der Waals surface area contributed by atoms with Crippen LogP contribution in [0.4, 0.5) is 0 Å². The van der Waals surface area contributed by atoms with Gasteiger partial charge in [0.05, 0.1) is 17.3 Å². The van der Waals surface area contributed by atoms with Crippen molar-refractivity contribution in [2.45, 2.75) is 13.2 Å². The maximum absolute atomic E-state index is 12.2. The summed E-state index contributed by atoms with van der Waals surface area (Å²) in [5, 5.41) is 7.24. The van der Waals surface area contributed by atoms with E-state index >= 15 is 0 Å². The number of ether oxygens (including phenoxy) is 1. The number of pyridine rings is 2. The largest absolute Gasteiger partial charge is 0.473 e. The molecule has 0 saturated carbocycles. The predicted octanol–water partition coefficient (Wildman–Crippen LogP) is 3.14. The first-order valence-electron chi connectivity index (χ1n) is 7.68. The summed E-state index contributed by atoms with van der Waals surface area (Å²) in [5.41, 5.74) is 1.79. The molecule has 0 aromatic carbocycles. The van der Waals surface area contributed by atoms with Crippen molar-refractivity contribution in [2.24, 2.45) is 7.05 Å². The molecule has 3 aromatic rings. The molecule has 0 aliphatic carbocycles. The third-order valence-electron chi connectivity index (χ3n) is 3.58. The first kappa shape index (κ1) is 18.3. The number of rotatable bonds is 6. The molecule has 0 bridgehead atoms. The predicted molar refractivity (Wildman–Crippen MR) is 99.9 cm³/mol. The number of carbonyl (C=O) groups is 1. The number of hydrogen-bond donors (Lipinski definition) is 1. The van der Waals surface area contributed by atoms with Gasteiger partial charge in [-0.15, -0.1) is 0 Å². The van der Waals surface area contributed by atoms with Gasteiger partial charge in [-0.2, -0.15) is 5.10 Å². The summed E-state index contributed by atoms with van der Waals surface area (Å²) in [6, 6.07) is 8.72. The van der Waals surface area contributed by atoms with E-state index in [1.54, 1.807) is 23.0 Å².